The Kier molecular flexibility index (Phi) is 4.84. The summed E-state index contributed by atoms with van der Waals surface area (Å²) in [6.07, 6.45) is 0.194. The zero-order chi connectivity index (χ0) is 15.6. The molecule has 2 rings (SSSR count). The van der Waals surface area contributed by atoms with E-state index in [1.54, 1.807) is 0 Å². The Morgan fingerprint density at radius 3 is 1.43 bits per heavy atom. The van der Waals surface area contributed by atoms with Gasteiger partial charge in [-0.1, -0.05) is 36.4 Å². The van der Waals surface area contributed by atoms with Crippen molar-refractivity contribution in [3.05, 3.63) is 69.8 Å². The van der Waals surface area contributed by atoms with Gasteiger partial charge >= 0.3 is 0 Å². The third kappa shape index (κ3) is 3.36. The van der Waals surface area contributed by atoms with Crippen LogP contribution in [0, 0.1) is 27.7 Å². The van der Waals surface area contributed by atoms with E-state index in [1.807, 2.05) is 0 Å². The van der Waals surface area contributed by atoms with Gasteiger partial charge in [0.05, 0.1) is 12.2 Å². The average Bonchev–Trinajstić information content (AvgIpc) is 2.44. The van der Waals surface area contributed by atoms with Gasteiger partial charge in [-0.2, -0.15) is 0 Å². The van der Waals surface area contributed by atoms with Crippen LogP contribution >= 0.6 is 0 Å². The lowest BCUT2D eigenvalue weighted by molar-refractivity contribution is 0.00517. The van der Waals surface area contributed by atoms with Crippen molar-refractivity contribution in [1.29, 1.82) is 0 Å². The van der Waals surface area contributed by atoms with E-state index in [4.69, 9.17) is 4.74 Å². The molecule has 112 valence electrons. The number of ether oxygens (including phenoxy) is 1. The number of hydrogen-bond donors (Lipinski definition) is 0. The van der Waals surface area contributed by atoms with E-state index in [-0.39, 0.29) is 12.2 Å². The fourth-order valence-corrected chi connectivity index (χ4v) is 2.88. The fraction of sp³-hybridized carbons (Fsp3) is 0.400. The van der Waals surface area contributed by atoms with Gasteiger partial charge in [-0.15, -0.1) is 0 Å². The molecular formula is C20H26O. The third-order valence-electron chi connectivity index (χ3n) is 4.58. The third-order valence-corrected chi connectivity index (χ3v) is 4.58. The summed E-state index contributed by atoms with van der Waals surface area (Å²) in [6.45, 7) is 12.9. The molecule has 0 fully saturated rings. The van der Waals surface area contributed by atoms with Crippen LogP contribution in [0.3, 0.4) is 0 Å². The standard InChI is InChI=1S/C20H26O/c1-13-9-7-11-19(15(13)3)17(5)21-18(6)20-12-8-10-14(2)16(20)4/h7-12,17-18H,1-6H3. The molecule has 0 saturated carbocycles. The molecule has 2 atom stereocenters. The van der Waals surface area contributed by atoms with Crippen molar-refractivity contribution in [2.75, 3.05) is 0 Å². The number of benzene rings is 2. The van der Waals surface area contributed by atoms with E-state index in [9.17, 15) is 0 Å². The lowest BCUT2D eigenvalue weighted by atomic mass is 9.98. The molecule has 0 N–H and O–H groups in total. The molecule has 1 heteroatoms. The Morgan fingerprint density at radius 2 is 1.05 bits per heavy atom. The van der Waals surface area contributed by atoms with Crippen LogP contribution in [0.1, 0.15) is 59.4 Å². The van der Waals surface area contributed by atoms with Crippen LogP contribution in [0.5, 0.6) is 0 Å². The first-order chi connectivity index (χ1) is 9.91. The second-order valence-corrected chi connectivity index (χ2v) is 6.00. The van der Waals surface area contributed by atoms with Gasteiger partial charge in [0.2, 0.25) is 0 Å². The van der Waals surface area contributed by atoms with Gasteiger partial charge in [0.15, 0.2) is 0 Å². The van der Waals surface area contributed by atoms with Crippen molar-refractivity contribution in [2.45, 2.75) is 53.8 Å². The molecule has 0 saturated heterocycles. The highest BCUT2D eigenvalue weighted by molar-refractivity contribution is 5.36. The second kappa shape index (κ2) is 6.44. The monoisotopic (exact) mass is 282 g/mol. The zero-order valence-corrected chi connectivity index (χ0v) is 14.0. The molecule has 1 nitrogen and oxygen atoms in total. The predicted molar refractivity (Wildman–Crippen MR) is 89.7 cm³/mol. The van der Waals surface area contributed by atoms with Gasteiger partial charge in [0.25, 0.3) is 0 Å². The summed E-state index contributed by atoms with van der Waals surface area (Å²) in [6, 6.07) is 12.9. The van der Waals surface area contributed by atoms with E-state index in [1.165, 1.54) is 33.4 Å². The fourth-order valence-electron chi connectivity index (χ4n) is 2.88. The molecule has 0 amide bonds. The zero-order valence-electron chi connectivity index (χ0n) is 14.0. The molecule has 0 aliphatic heterocycles. The van der Waals surface area contributed by atoms with Crippen molar-refractivity contribution in [1.82, 2.24) is 0 Å². The van der Waals surface area contributed by atoms with Gasteiger partial charge in [-0.25, -0.2) is 0 Å². The maximum atomic E-state index is 6.29. The summed E-state index contributed by atoms with van der Waals surface area (Å²) in [7, 11) is 0. The molecule has 0 aromatic heterocycles. The first kappa shape index (κ1) is 15.8. The van der Waals surface area contributed by atoms with Gasteiger partial charge in [0, 0.05) is 0 Å². The van der Waals surface area contributed by atoms with Crippen molar-refractivity contribution in [2.24, 2.45) is 0 Å². The van der Waals surface area contributed by atoms with Crippen molar-refractivity contribution in [3.8, 4) is 0 Å². The van der Waals surface area contributed by atoms with Gasteiger partial charge in [-0.3, -0.25) is 0 Å². The first-order valence-corrected chi connectivity index (χ1v) is 7.69. The van der Waals surface area contributed by atoms with E-state index in [0.717, 1.165) is 0 Å². The summed E-state index contributed by atoms with van der Waals surface area (Å²) in [4.78, 5) is 0. The van der Waals surface area contributed by atoms with Gasteiger partial charge in [0.1, 0.15) is 0 Å². The summed E-state index contributed by atoms with van der Waals surface area (Å²) < 4.78 is 6.29. The quantitative estimate of drug-likeness (QED) is 0.692. The van der Waals surface area contributed by atoms with Crippen molar-refractivity contribution < 1.29 is 4.74 Å². The van der Waals surface area contributed by atoms with E-state index >= 15 is 0 Å². The first-order valence-electron chi connectivity index (χ1n) is 7.69. The Balaban J connectivity index is 2.21. The highest BCUT2D eigenvalue weighted by Gasteiger charge is 2.16. The largest absolute Gasteiger partial charge is 0.366 e. The summed E-state index contributed by atoms with van der Waals surface area (Å²) in [5.41, 5.74) is 7.88. The Bertz CT molecular complexity index is 572. The van der Waals surface area contributed by atoms with Crippen LogP contribution in [0.2, 0.25) is 0 Å². The minimum atomic E-state index is 0.0970. The summed E-state index contributed by atoms with van der Waals surface area (Å²) >= 11 is 0. The van der Waals surface area contributed by atoms with E-state index in [0.29, 0.717) is 0 Å². The molecule has 2 aromatic carbocycles. The van der Waals surface area contributed by atoms with Crippen LogP contribution in [-0.4, -0.2) is 0 Å². The lowest BCUT2D eigenvalue weighted by Crippen LogP contribution is -2.08. The highest BCUT2D eigenvalue weighted by atomic mass is 16.5. The molecule has 21 heavy (non-hydrogen) atoms. The van der Waals surface area contributed by atoms with Crippen LogP contribution in [0.25, 0.3) is 0 Å². The van der Waals surface area contributed by atoms with E-state index < -0.39 is 0 Å². The Morgan fingerprint density at radius 1 is 0.667 bits per heavy atom. The Labute approximate surface area is 129 Å². The molecule has 0 aliphatic rings. The molecule has 0 heterocycles. The van der Waals surface area contributed by atoms with E-state index in [2.05, 4.69) is 77.9 Å². The molecular weight excluding hydrogens is 256 g/mol. The highest BCUT2D eigenvalue weighted by Crippen LogP contribution is 2.30. The van der Waals surface area contributed by atoms with Crippen LogP contribution < -0.4 is 0 Å². The van der Waals surface area contributed by atoms with Gasteiger partial charge < -0.3 is 4.74 Å². The molecule has 2 unspecified atom stereocenters. The molecule has 0 aliphatic carbocycles. The smallest absolute Gasteiger partial charge is 0.0807 e. The maximum Gasteiger partial charge on any atom is 0.0807 e. The minimum Gasteiger partial charge on any atom is -0.366 e. The molecule has 0 bridgehead atoms. The molecule has 0 radical (unpaired) electrons. The van der Waals surface area contributed by atoms with Crippen molar-refractivity contribution in [3.63, 3.8) is 0 Å². The van der Waals surface area contributed by atoms with Gasteiger partial charge in [-0.05, 0) is 74.9 Å². The van der Waals surface area contributed by atoms with Crippen LogP contribution in [0.15, 0.2) is 36.4 Å². The number of hydrogen-bond acceptors (Lipinski definition) is 1. The second-order valence-electron chi connectivity index (χ2n) is 6.00. The SMILES string of the molecule is Cc1cccc(C(C)OC(C)c2cccc(C)c2C)c1C. The lowest BCUT2D eigenvalue weighted by Gasteiger charge is -2.23. The Hall–Kier alpha value is -1.60. The number of aryl methyl sites for hydroxylation is 2. The normalized spacial score (nSPS) is 14.0. The molecule has 2 aromatic rings. The number of rotatable bonds is 4. The summed E-state index contributed by atoms with van der Waals surface area (Å²) in [5, 5.41) is 0. The summed E-state index contributed by atoms with van der Waals surface area (Å²) in [5.74, 6) is 0. The van der Waals surface area contributed by atoms with Crippen LogP contribution in [0.4, 0.5) is 0 Å². The average molecular weight is 282 g/mol. The van der Waals surface area contributed by atoms with Crippen molar-refractivity contribution >= 4 is 0 Å². The predicted octanol–water partition coefficient (Wildman–Crippen LogP) is 5.76. The molecule has 0 spiro atoms. The maximum absolute atomic E-state index is 6.29. The minimum absolute atomic E-state index is 0.0970. The topological polar surface area (TPSA) is 9.23 Å². The van der Waals surface area contributed by atoms with Crippen LogP contribution in [-0.2, 0) is 4.74 Å².